The smallest absolute Gasteiger partial charge is 0.200 e. The van der Waals surface area contributed by atoms with Gasteiger partial charge in [-0.05, 0) is 60.2 Å². The van der Waals surface area contributed by atoms with Crippen LogP contribution >= 0.6 is 0 Å². The maximum Gasteiger partial charge on any atom is 0.200 e. The lowest BCUT2D eigenvalue weighted by atomic mass is 10.0. The fraction of sp³-hybridized carbons (Fsp3) is 0.154. The zero-order valence-electron chi connectivity index (χ0n) is 18.1. The van der Waals surface area contributed by atoms with Crippen LogP contribution < -0.4 is 19.6 Å². The summed E-state index contributed by atoms with van der Waals surface area (Å²) in [4.78, 5) is 26.6. The molecule has 0 unspecified atom stereocenters. The van der Waals surface area contributed by atoms with Gasteiger partial charge in [0.1, 0.15) is 17.2 Å². The summed E-state index contributed by atoms with van der Waals surface area (Å²) >= 11 is 0. The zero-order chi connectivity index (χ0) is 22.7. The largest absolute Gasteiger partial charge is 0.497 e. The molecule has 0 radical (unpaired) electrons. The van der Waals surface area contributed by atoms with E-state index in [1.165, 1.54) is 0 Å². The molecule has 0 saturated heterocycles. The highest BCUT2D eigenvalue weighted by atomic mass is 16.5. The Bertz CT molecular complexity index is 1340. The van der Waals surface area contributed by atoms with Gasteiger partial charge in [0, 0.05) is 18.3 Å². The van der Waals surface area contributed by atoms with E-state index in [-0.39, 0.29) is 16.8 Å². The first kappa shape index (κ1) is 21.2. The number of fused-ring (bicyclic) bond motifs is 1. The van der Waals surface area contributed by atoms with Gasteiger partial charge in [-0.2, -0.15) is 0 Å². The van der Waals surface area contributed by atoms with Gasteiger partial charge >= 0.3 is 0 Å². The Morgan fingerprint density at radius 2 is 1.47 bits per heavy atom. The first-order valence-corrected chi connectivity index (χ1v) is 10.1. The highest BCUT2D eigenvalue weighted by Crippen LogP contribution is 2.22. The molecule has 4 rings (SSSR count). The van der Waals surface area contributed by atoms with Crippen LogP contribution in [0.1, 0.15) is 21.5 Å². The number of ketones is 1. The number of aromatic nitrogens is 1. The molecule has 0 amide bonds. The number of pyridine rings is 1. The molecule has 0 spiro atoms. The Morgan fingerprint density at radius 1 is 0.812 bits per heavy atom. The molecule has 0 aliphatic carbocycles. The second kappa shape index (κ2) is 8.98. The lowest BCUT2D eigenvalue weighted by molar-refractivity contribution is 0.103. The van der Waals surface area contributed by atoms with E-state index in [9.17, 15) is 9.59 Å². The van der Waals surface area contributed by atoms with E-state index in [0.29, 0.717) is 34.5 Å². The highest BCUT2D eigenvalue weighted by Gasteiger charge is 2.18. The second-order valence-corrected chi connectivity index (χ2v) is 7.29. The summed E-state index contributed by atoms with van der Waals surface area (Å²) in [7, 11) is 4.72. The number of carbonyl (C=O) groups is 1. The van der Waals surface area contributed by atoms with E-state index in [0.717, 1.165) is 11.3 Å². The third-order valence-electron chi connectivity index (χ3n) is 5.37. The number of nitrogens with zero attached hydrogens (tertiary/aromatic N) is 1. The van der Waals surface area contributed by atoms with Gasteiger partial charge in [0.2, 0.25) is 5.43 Å². The molecular weight excluding hydrogens is 406 g/mol. The molecule has 6 heteroatoms. The molecule has 1 heterocycles. The van der Waals surface area contributed by atoms with E-state index in [2.05, 4.69) is 0 Å². The second-order valence-electron chi connectivity index (χ2n) is 7.29. The monoisotopic (exact) mass is 429 g/mol. The Kier molecular flexibility index (Phi) is 5.94. The van der Waals surface area contributed by atoms with Crippen LogP contribution in [0.4, 0.5) is 0 Å². The van der Waals surface area contributed by atoms with Crippen molar-refractivity contribution in [1.29, 1.82) is 0 Å². The summed E-state index contributed by atoms with van der Waals surface area (Å²) in [5, 5.41) is 0.423. The fourth-order valence-corrected chi connectivity index (χ4v) is 3.66. The summed E-state index contributed by atoms with van der Waals surface area (Å²) in [6.07, 6.45) is 1.63. The summed E-state index contributed by atoms with van der Waals surface area (Å²) < 4.78 is 17.7. The maximum absolute atomic E-state index is 13.3. The van der Waals surface area contributed by atoms with Gasteiger partial charge < -0.3 is 18.8 Å². The van der Waals surface area contributed by atoms with Crippen molar-refractivity contribution in [2.45, 2.75) is 6.54 Å². The fourth-order valence-electron chi connectivity index (χ4n) is 3.66. The molecule has 4 aromatic rings. The number of methoxy groups -OCH3 is 3. The summed E-state index contributed by atoms with van der Waals surface area (Å²) in [6.45, 7) is 0.462. The predicted molar refractivity (Wildman–Crippen MR) is 123 cm³/mol. The quantitative estimate of drug-likeness (QED) is 0.410. The van der Waals surface area contributed by atoms with Crippen molar-refractivity contribution in [1.82, 2.24) is 4.57 Å². The van der Waals surface area contributed by atoms with Crippen molar-refractivity contribution in [2.24, 2.45) is 0 Å². The van der Waals surface area contributed by atoms with Crippen LogP contribution in [-0.4, -0.2) is 31.7 Å². The highest BCUT2D eigenvalue weighted by molar-refractivity contribution is 6.10. The normalized spacial score (nSPS) is 10.7. The molecule has 0 fully saturated rings. The number of rotatable bonds is 7. The SMILES string of the molecule is COc1ccc(C(=O)c2cn(Cc3cccc(OC)c3)c3ccc(OC)cc3c2=O)cc1. The molecule has 3 aromatic carbocycles. The number of hydrogen-bond acceptors (Lipinski definition) is 5. The Labute approximate surface area is 185 Å². The molecule has 0 atom stereocenters. The standard InChI is InChI=1S/C26H23NO5/c1-30-19-9-7-18(8-10-19)25(28)23-16-27(15-17-5-4-6-20(13-17)31-2)24-12-11-21(32-3)14-22(24)26(23)29/h4-14,16H,15H2,1-3H3. The van der Waals surface area contributed by atoms with E-state index in [1.54, 1.807) is 63.9 Å². The van der Waals surface area contributed by atoms with Crippen LogP contribution in [0.25, 0.3) is 10.9 Å². The minimum atomic E-state index is -0.346. The molecule has 0 bridgehead atoms. The van der Waals surface area contributed by atoms with Gasteiger partial charge in [0.25, 0.3) is 0 Å². The number of carbonyl (C=O) groups excluding carboxylic acids is 1. The van der Waals surface area contributed by atoms with Crippen LogP contribution in [0, 0.1) is 0 Å². The molecule has 0 N–H and O–H groups in total. The first-order chi connectivity index (χ1) is 15.5. The average molecular weight is 429 g/mol. The lowest BCUT2D eigenvalue weighted by Gasteiger charge is -2.15. The van der Waals surface area contributed by atoms with Crippen molar-refractivity contribution in [3.05, 3.63) is 99.8 Å². The zero-order valence-corrected chi connectivity index (χ0v) is 18.1. The lowest BCUT2D eigenvalue weighted by Crippen LogP contribution is -2.20. The minimum absolute atomic E-state index is 0.0961. The van der Waals surface area contributed by atoms with Crippen LogP contribution in [0.5, 0.6) is 17.2 Å². The van der Waals surface area contributed by atoms with Crippen molar-refractivity contribution in [3.8, 4) is 17.2 Å². The van der Waals surface area contributed by atoms with Crippen LogP contribution in [0.3, 0.4) is 0 Å². The number of benzene rings is 3. The van der Waals surface area contributed by atoms with Gasteiger partial charge in [-0.25, -0.2) is 0 Å². The van der Waals surface area contributed by atoms with E-state index >= 15 is 0 Å². The molecule has 0 saturated carbocycles. The molecule has 162 valence electrons. The van der Waals surface area contributed by atoms with Gasteiger partial charge in [-0.1, -0.05) is 12.1 Å². The van der Waals surface area contributed by atoms with Crippen molar-refractivity contribution in [3.63, 3.8) is 0 Å². The van der Waals surface area contributed by atoms with Crippen LogP contribution in [0.15, 0.2) is 77.7 Å². The van der Waals surface area contributed by atoms with E-state index in [4.69, 9.17) is 14.2 Å². The summed E-state index contributed by atoms with van der Waals surface area (Å²) in [5.74, 6) is 1.59. The van der Waals surface area contributed by atoms with Gasteiger partial charge in [0.15, 0.2) is 5.78 Å². The Morgan fingerprint density at radius 3 is 2.16 bits per heavy atom. The topological polar surface area (TPSA) is 66.8 Å². The third-order valence-corrected chi connectivity index (χ3v) is 5.37. The van der Waals surface area contributed by atoms with Crippen molar-refractivity contribution < 1.29 is 19.0 Å². The van der Waals surface area contributed by atoms with Gasteiger partial charge in [-0.15, -0.1) is 0 Å². The van der Waals surface area contributed by atoms with Crippen molar-refractivity contribution >= 4 is 16.7 Å². The Balaban J connectivity index is 1.87. The van der Waals surface area contributed by atoms with Crippen LogP contribution in [-0.2, 0) is 6.54 Å². The summed E-state index contributed by atoms with van der Waals surface area (Å²) in [6, 6.07) is 19.7. The van der Waals surface area contributed by atoms with Crippen LogP contribution in [0.2, 0.25) is 0 Å². The molecule has 1 aromatic heterocycles. The molecule has 6 nitrogen and oxygen atoms in total. The Hall–Kier alpha value is -4.06. The number of ether oxygens (including phenoxy) is 3. The minimum Gasteiger partial charge on any atom is -0.497 e. The summed E-state index contributed by atoms with van der Waals surface area (Å²) in [5.41, 5.74) is 1.87. The predicted octanol–water partition coefficient (Wildman–Crippen LogP) is 4.31. The third kappa shape index (κ3) is 4.07. The average Bonchev–Trinajstić information content (AvgIpc) is 2.85. The first-order valence-electron chi connectivity index (χ1n) is 10.1. The van der Waals surface area contributed by atoms with Gasteiger partial charge in [-0.3, -0.25) is 9.59 Å². The van der Waals surface area contributed by atoms with Crippen molar-refractivity contribution in [2.75, 3.05) is 21.3 Å². The van der Waals surface area contributed by atoms with E-state index < -0.39 is 0 Å². The molecule has 32 heavy (non-hydrogen) atoms. The maximum atomic E-state index is 13.3. The molecule has 0 aliphatic heterocycles. The van der Waals surface area contributed by atoms with Gasteiger partial charge in [0.05, 0.1) is 37.8 Å². The van der Waals surface area contributed by atoms with E-state index in [1.807, 2.05) is 34.9 Å². The molecular formula is C26H23NO5. The number of hydrogen-bond donors (Lipinski definition) is 0. The molecule has 0 aliphatic rings.